The van der Waals surface area contributed by atoms with Crippen molar-refractivity contribution in [2.24, 2.45) is 0 Å². The molecule has 1 fully saturated rings. The molecule has 0 aliphatic carbocycles. The van der Waals surface area contributed by atoms with Gasteiger partial charge in [0, 0.05) is 17.8 Å². The van der Waals surface area contributed by atoms with Crippen LogP contribution in [-0.2, 0) is 6.54 Å². The smallest absolute Gasteiger partial charge is 0.330 e. The number of hydrogen-bond donors (Lipinski definition) is 3. The highest BCUT2D eigenvalue weighted by Gasteiger charge is 2.29. The molecule has 0 saturated carbocycles. The van der Waals surface area contributed by atoms with Crippen molar-refractivity contribution in [1.29, 1.82) is 0 Å². The first kappa shape index (κ1) is 15.0. The van der Waals surface area contributed by atoms with E-state index in [4.69, 9.17) is 5.73 Å². The maximum absolute atomic E-state index is 11.9. The summed E-state index contributed by atoms with van der Waals surface area (Å²) in [6.07, 6.45) is 3.10. The summed E-state index contributed by atoms with van der Waals surface area (Å²) < 4.78 is 1.54. The number of nitrogens with two attached hydrogens (primary N) is 1. The molecule has 1 saturated heterocycles. The summed E-state index contributed by atoms with van der Waals surface area (Å²) in [7, 11) is 0. The Morgan fingerprint density at radius 2 is 2.25 bits per heavy atom. The monoisotopic (exact) mass is 298 g/mol. The summed E-state index contributed by atoms with van der Waals surface area (Å²) in [5.74, 6) is 1.38. The molecule has 0 amide bonds. The quantitative estimate of drug-likeness (QED) is 0.760. The van der Waals surface area contributed by atoms with Gasteiger partial charge in [0.05, 0.1) is 0 Å². The van der Waals surface area contributed by atoms with Crippen LogP contribution in [-0.4, -0.2) is 26.6 Å². The van der Waals surface area contributed by atoms with E-state index in [1.54, 1.807) is 0 Å². The van der Waals surface area contributed by atoms with E-state index in [0.29, 0.717) is 18.8 Å². The van der Waals surface area contributed by atoms with Gasteiger partial charge in [-0.1, -0.05) is 6.92 Å². The van der Waals surface area contributed by atoms with Crippen molar-refractivity contribution in [2.45, 2.75) is 44.4 Å². The Morgan fingerprint density at radius 1 is 1.50 bits per heavy atom. The van der Waals surface area contributed by atoms with Crippen LogP contribution in [0.15, 0.2) is 9.59 Å². The molecule has 4 N–H and O–H groups in total. The SMILES string of the molecule is CCCn1c(N)c(NCC2(C)CCCS2)c(=O)[nH]c1=O. The number of rotatable bonds is 5. The third kappa shape index (κ3) is 3.03. The van der Waals surface area contributed by atoms with E-state index in [2.05, 4.69) is 17.2 Å². The second-order valence-corrected chi connectivity index (χ2v) is 7.11. The zero-order valence-corrected chi connectivity index (χ0v) is 12.8. The molecule has 20 heavy (non-hydrogen) atoms. The standard InChI is InChI=1S/C13H22N4O2S/c1-3-6-17-10(14)9(11(18)16-12(17)19)15-8-13(2)5-4-7-20-13/h15H,3-8,14H2,1-2H3,(H,16,18,19). The molecule has 112 valence electrons. The molecule has 7 heteroatoms. The summed E-state index contributed by atoms with van der Waals surface area (Å²) in [5, 5.41) is 3.14. The van der Waals surface area contributed by atoms with E-state index >= 15 is 0 Å². The van der Waals surface area contributed by atoms with E-state index in [1.807, 2.05) is 18.7 Å². The molecule has 0 aromatic carbocycles. The molecule has 1 aliphatic heterocycles. The minimum absolute atomic E-state index is 0.130. The Balaban J connectivity index is 2.25. The van der Waals surface area contributed by atoms with Crippen LogP contribution in [0.1, 0.15) is 33.1 Å². The van der Waals surface area contributed by atoms with E-state index in [1.165, 1.54) is 11.0 Å². The number of thioether (sulfide) groups is 1. The Kier molecular flexibility index (Phi) is 4.47. The highest BCUT2D eigenvalue weighted by atomic mass is 32.2. The number of nitrogens with one attached hydrogen (secondary N) is 2. The molecular formula is C13H22N4O2S. The topological polar surface area (TPSA) is 92.9 Å². The summed E-state index contributed by atoms with van der Waals surface area (Å²) in [6, 6.07) is 0. The number of aromatic nitrogens is 2. The van der Waals surface area contributed by atoms with Gasteiger partial charge >= 0.3 is 5.69 Å². The predicted molar refractivity (Wildman–Crippen MR) is 84.6 cm³/mol. The molecule has 1 aromatic heterocycles. The maximum Gasteiger partial charge on any atom is 0.330 e. The first-order chi connectivity index (χ1) is 9.47. The average molecular weight is 298 g/mol. The van der Waals surface area contributed by atoms with Gasteiger partial charge in [0.15, 0.2) is 0 Å². The van der Waals surface area contributed by atoms with E-state index in [-0.39, 0.29) is 10.6 Å². The van der Waals surface area contributed by atoms with Gasteiger partial charge in [-0.05, 0) is 31.9 Å². The summed E-state index contributed by atoms with van der Waals surface area (Å²) in [5.41, 5.74) is 5.40. The van der Waals surface area contributed by atoms with E-state index < -0.39 is 11.2 Å². The van der Waals surface area contributed by atoms with Crippen LogP contribution in [0.2, 0.25) is 0 Å². The fourth-order valence-electron chi connectivity index (χ4n) is 2.46. The Hall–Kier alpha value is -1.37. The average Bonchev–Trinajstić information content (AvgIpc) is 2.81. The number of H-pyrrole nitrogens is 1. The fraction of sp³-hybridized carbons (Fsp3) is 0.692. The second kappa shape index (κ2) is 5.95. The molecule has 0 bridgehead atoms. The molecule has 6 nitrogen and oxygen atoms in total. The lowest BCUT2D eigenvalue weighted by Crippen LogP contribution is -2.36. The molecule has 2 rings (SSSR count). The van der Waals surface area contributed by atoms with Crippen LogP contribution in [0.4, 0.5) is 11.5 Å². The third-order valence-corrected chi connectivity index (χ3v) is 5.16. The van der Waals surface area contributed by atoms with Crippen LogP contribution >= 0.6 is 11.8 Å². The second-order valence-electron chi connectivity index (χ2n) is 5.43. The van der Waals surface area contributed by atoms with Crippen molar-refractivity contribution in [2.75, 3.05) is 23.3 Å². The highest BCUT2D eigenvalue weighted by molar-refractivity contribution is 8.00. The van der Waals surface area contributed by atoms with Crippen LogP contribution in [0.5, 0.6) is 0 Å². The first-order valence-corrected chi connectivity index (χ1v) is 7.96. The highest BCUT2D eigenvalue weighted by Crippen LogP contribution is 2.37. The van der Waals surface area contributed by atoms with Crippen molar-refractivity contribution >= 4 is 23.3 Å². The van der Waals surface area contributed by atoms with Gasteiger partial charge in [-0.15, -0.1) is 0 Å². The van der Waals surface area contributed by atoms with Gasteiger partial charge in [-0.2, -0.15) is 11.8 Å². The molecule has 1 aromatic rings. The Labute approximate surface area is 122 Å². The first-order valence-electron chi connectivity index (χ1n) is 6.97. The maximum atomic E-state index is 11.9. The van der Waals surface area contributed by atoms with Gasteiger partial charge in [-0.3, -0.25) is 14.3 Å². The van der Waals surface area contributed by atoms with Crippen LogP contribution in [0, 0.1) is 0 Å². The number of hydrogen-bond acceptors (Lipinski definition) is 5. The Morgan fingerprint density at radius 3 is 2.85 bits per heavy atom. The molecule has 0 radical (unpaired) electrons. The summed E-state index contributed by atoms with van der Waals surface area (Å²) in [6.45, 7) is 5.32. The molecule has 1 atom stereocenters. The van der Waals surface area contributed by atoms with Crippen LogP contribution in [0.25, 0.3) is 0 Å². The number of aromatic amines is 1. The van der Waals surface area contributed by atoms with Gasteiger partial charge in [0.1, 0.15) is 11.5 Å². The van der Waals surface area contributed by atoms with Crippen molar-refractivity contribution in [3.05, 3.63) is 20.8 Å². The zero-order chi connectivity index (χ0) is 14.8. The van der Waals surface area contributed by atoms with Crippen molar-refractivity contribution < 1.29 is 0 Å². The predicted octanol–water partition coefficient (Wildman–Crippen LogP) is 1.23. The van der Waals surface area contributed by atoms with E-state index in [0.717, 1.165) is 18.6 Å². The number of nitrogens with zero attached hydrogens (tertiary/aromatic N) is 1. The molecule has 1 aliphatic rings. The van der Waals surface area contributed by atoms with Crippen molar-refractivity contribution in [3.8, 4) is 0 Å². The van der Waals surface area contributed by atoms with Crippen molar-refractivity contribution in [1.82, 2.24) is 9.55 Å². The minimum atomic E-state index is -0.443. The van der Waals surface area contributed by atoms with Gasteiger partial charge < -0.3 is 11.1 Å². The number of nitrogen functional groups attached to an aromatic ring is 1. The fourth-order valence-corrected chi connectivity index (χ4v) is 3.70. The summed E-state index contributed by atoms with van der Waals surface area (Å²) in [4.78, 5) is 26.0. The Bertz CT molecular complexity index is 587. The number of anilines is 2. The lowest BCUT2D eigenvalue weighted by atomic mass is 10.1. The van der Waals surface area contributed by atoms with E-state index in [9.17, 15) is 9.59 Å². The van der Waals surface area contributed by atoms with Crippen LogP contribution < -0.4 is 22.3 Å². The zero-order valence-electron chi connectivity index (χ0n) is 12.0. The summed E-state index contributed by atoms with van der Waals surface area (Å²) >= 11 is 1.91. The third-order valence-electron chi connectivity index (χ3n) is 3.63. The van der Waals surface area contributed by atoms with Gasteiger partial charge in [0.2, 0.25) is 0 Å². The molecule has 0 spiro atoms. The largest absolute Gasteiger partial charge is 0.383 e. The minimum Gasteiger partial charge on any atom is -0.383 e. The van der Waals surface area contributed by atoms with Crippen molar-refractivity contribution in [3.63, 3.8) is 0 Å². The van der Waals surface area contributed by atoms with Gasteiger partial charge in [0.25, 0.3) is 5.56 Å². The van der Waals surface area contributed by atoms with Gasteiger partial charge in [-0.25, -0.2) is 4.79 Å². The lowest BCUT2D eigenvalue weighted by molar-refractivity contribution is 0.627. The van der Waals surface area contributed by atoms with Crippen LogP contribution in [0.3, 0.4) is 0 Å². The molecule has 2 heterocycles. The lowest BCUT2D eigenvalue weighted by Gasteiger charge is -2.24. The normalized spacial score (nSPS) is 22.1. The molecular weight excluding hydrogens is 276 g/mol. The molecule has 1 unspecified atom stereocenters.